The highest BCUT2D eigenvalue weighted by molar-refractivity contribution is 9.10. The first kappa shape index (κ1) is 19.2. The highest BCUT2D eigenvalue weighted by Gasteiger charge is 2.22. The van der Waals surface area contributed by atoms with E-state index in [0.29, 0.717) is 21.6 Å². The number of ether oxygens (including phenoxy) is 1. The first-order valence-electron chi connectivity index (χ1n) is 7.47. The predicted molar refractivity (Wildman–Crippen MR) is 111 cm³/mol. The van der Waals surface area contributed by atoms with Crippen LogP contribution < -0.4 is 9.64 Å². The van der Waals surface area contributed by atoms with Gasteiger partial charge in [-0.3, -0.25) is 9.69 Å². The molecule has 4 nitrogen and oxygen atoms in total. The van der Waals surface area contributed by atoms with E-state index < -0.39 is 0 Å². The fraction of sp³-hybridized carbons (Fsp3) is 0.111. The highest BCUT2D eigenvalue weighted by atomic mass is 79.9. The topological polar surface area (TPSA) is 42.4 Å². The molecule has 0 saturated heterocycles. The van der Waals surface area contributed by atoms with Gasteiger partial charge in [-0.25, -0.2) is 4.98 Å². The lowest BCUT2D eigenvalue weighted by Crippen LogP contribution is -2.26. The number of carbonyl (C=O) groups excluding carboxylic acids is 1. The minimum absolute atomic E-state index is 0.179. The number of halogens is 3. The van der Waals surface area contributed by atoms with Crippen LogP contribution >= 0.6 is 50.5 Å². The van der Waals surface area contributed by atoms with E-state index in [-0.39, 0.29) is 11.8 Å². The average Bonchev–Trinajstić information content (AvgIpc) is 3.11. The molecule has 0 saturated carbocycles. The molecule has 1 amide bonds. The Hall–Kier alpha value is -1.60. The van der Waals surface area contributed by atoms with E-state index in [0.717, 1.165) is 15.7 Å². The Morgan fingerprint density at radius 1 is 1.27 bits per heavy atom. The van der Waals surface area contributed by atoms with Gasteiger partial charge in [0, 0.05) is 26.5 Å². The second-order valence-electron chi connectivity index (χ2n) is 5.23. The van der Waals surface area contributed by atoms with Gasteiger partial charge >= 0.3 is 0 Å². The zero-order chi connectivity index (χ0) is 18.7. The first-order chi connectivity index (χ1) is 12.5. The fourth-order valence-electron chi connectivity index (χ4n) is 2.34. The number of carbonyl (C=O) groups is 1. The van der Waals surface area contributed by atoms with E-state index in [2.05, 4.69) is 20.9 Å². The number of thiazole rings is 1. The normalized spacial score (nSPS) is 10.6. The Kier molecular flexibility index (Phi) is 6.19. The fourth-order valence-corrected chi connectivity index (χ4v) is 3.81. The number of benzene rings is 2. The molecule has 0 N–H and O–H groups in total. The maximum Gasteiger partial charge on any atom is 0.248 e. The molecule has 0 aliphatic carbocycles. The van der Waals surface area contributed by atoms with E-state index in [1.165, 1.54) is 23.3 Å². The van der Waals surface area contributed by atoms with Gasteiger partial charge in [0.1, 0.15) is 11.6 Å². The first-order valence-corrected chi connectivity index (χ1v) is 10.1. The van der Waals surface area contributed by atoms with Crippen LogP contribution in [0.2, 0.25) is 5.02 Å². The van der Waals surface area contributed by atoms with E-state index >= 15 is 0 Å². The standard InChI is InChI=1S/C18H13BrCl2N2O2S/c1-25-15-7-13(21)6-14(8-15)23(17(24)9-20)18-22-16(10-26-18)11-2-4-12(19)5-3-11/h2-8,10H,9H2,1H3. The molecule has 0 spiro atoms. The van der Waals surface area contributed by atoms with Crippen LogP contribution in [0.25, 0.3) is 11.3 Å². The monoisotopic (exact) mass is 470 g/mol. The van der Waals surface area contributed by atoms with Crippen molar-refractivity contribution >= 4 is 67.2 Å². The summed E-state index contributed by atoms with van der Waals surface area (Å²) in [6.45, 7) is 0. The van der Waals surface area contributed by atoms with Gasteiger partial charge in [-0.1, -0.05) is 39.7 Å². The van der Waals surface area contributed by atoms with E-state index in [1.54, 1.807) is 18.2 Å². The van der Waals surface area contributed by atoms with Gasteiger partial charge in [-0.15, -0.1) is 22.9 Å². The Morgan fingerprint density at radius 3 is 2.65 bits per heavy atom. The van der Waals surface area contributed by atoms with E-state index in [1.807, 2.05) is 29.6 Å². The highest BCUT2D eigenvalue weighted by Crippen LogP contribution is 2.35. The molecule has 3 rings (SSSR count). The Bertz CT molecular complexity index is 931. The van der Waals surface area contributed by atoms with Gasteiger partial charge in [0.2, 0.25) is 5.91 Å². The molecule has 134 valence electrons. The summed E-state index contributed by atoms with van der Waals surface area (Å²) in [5.74, 6) is 0.0689. The van der Waals surface area contributed by atoms with Crippen molar-refractivity contribution in [1.29, 1.82) is 0 Å². The molecule has 0 radical (unpaired) electrons. The van der Waals surface area contributed by atoms with Gasteiger partial charge in [0.15, 0.2) is 5.13 Å². The second-order valence-corrected chi connectivity index (χ2v) is 7.69. The molecule has 1 heterocycles. The molecule has 0 bridgehead atoms. The Balaban J connectivity index is 2.03. The third-order valence-corrected chi connectivity index (χ3v) is 5.34. The summed E-state index contributed by atoms with van der Waals surface area (Å²) in [5.41, 5.74) is 2.29. The molecule has 2 aromatic carbocycles. The molecule has 0 atom stereocenters. The van der Waals surface area contributed by atoms with Crippen LogP contribution in [0.1, 0.15) is 0 Å². The van der Waals surface area contributed by atoms with Crippen molar-refractivity contribution in [3.8, 4) is 17.0 Å². The molecule has 0 aliphatic rings. The number of aromatic nitrogens is 1. The minimum Gasteiger partial charge on any atom is -0.497 e. The molecular weight excluding hydrogens is 459 g/mol. The molecular formula is C18H13BrCl2N2O2S. The molecule has 0 aliphatic heterocycles. The molecule has 0 fully saturated rings. The van der Waals surface area contributed by atoms with Crippen molar-refractivity contribution in [2.45, 2.75) is 0 Å². The lowest BCUT2D eigenvalue weighted by Gasteiger charge is -2.20. The zero-order valence-electron chi connectivity index (χ0n) is 13.6. The van der Waals surface area contributed by atoms with Crippen LogP contribution in [0.4, 0.5) is 10.8 Å². The maximum atomic E-state index is 12.5. The molecule has 1 aromatic heterocycles. The van der Waals surface area contributed by atoms with Gasteiger partial charge in [-0.05, 0) is 24.3 Å². The molecule has 8 heteroatoms. The summed E-state index contributed by atoms with van der Waals surface area (Å²) < 4.78 is 6.23. The van der Waals surface area contributed by atoms with Crippen LogP contribution in [-0.2, 0) is 4.79 Å². The van der Waals surface area contributed by atoms with Crippen LogP contribution in [0.15, 0.2) is 52.3 Å². The van der Waals surface area contributed by atoms with Crippen molar-refractivity contribution in [3.05, 3.63) is 57.3 Å². The van der Waals surface area contributed by atoms with Crippen LogP contribution in [-0.4, -0.2) is 23.9 Å². The number of rotatable bonds is 5. The summed E-state index contributed by atoms with van der Waals surface area (Å²) in [6.07, 6.45) is 0. The van der Waals surface area contributed by atoms with E-state index in [4.69, 9.17) is 27.9 Å². The van der Waals surface area contributed by atoms with Gasteiger partial charge in [0.05, 0.1) is 18.5 Å². The third kappa shape index (κ3) is 4.20. The quantitative estimate of drug-likeness (QED) is 0.420. The van der Waals surface area contributed by atoms with Gasteiger partial charge < -0.3 is 4.74 Å². The van der Waals surface area contributed by atoms with Crippen LogP contribution in [0.3, 0.4) is 0 Å². The molecule has 0 unspecified atom stereocenters. The van der Waals surface area contributed by atoms with Crippen molar-refractivity contribution in [2.75, 3.05) is 17.9 Å². The summed E-state index contributed by atoms with van der Waals surface area (Å²) in [7, 11) is 1.54. The number of nitrogens with zero attached hydrogens (tertiary/aromatic N) is 2. The lowest BCUT2D eigenvalue weighted by molar-refractivity contribution is -0.115. The van der Waals surface area contributed by atoms with Crippen LogP contribution in [0, 0.1) is 0 Å². The maximum absolute atomic E-state index is 12.5. The Labute approximate surface area is 173 Å². The van der Waals surface area contributed by atoms with Gasteiger partial charge in [-0.2, -0.15) is 0 Å². The smallest absolute Gasteiger partial charge is 0.248 e. The van der Waals surface area contributed by atoms with E-state index in [9.17, 15) is 4.79 Å². The number of hydrogen-bond donors (Lipinski definition) is 0. The third-order valence-electron chi connectivity index (χ3n) is 3.54. The second kappa shape index (κ2) is 8.39. The minimum atomic E-state index is -0.298. The van der Waals surface area contributed by atoms with Gasteiger partial charge in [0.25, 0.3) is 0 Å². The SMILES string of the molecule is COc1cc(Cl)cc(N(C(=O)CCl)c2nc(-c3ccc(Br)cc3)cs2)c1. The van der Waals surface area contributed by atoms with Crippen molar-refractivity contribution in [2.24, 2.45) is 0 Å². The predicted octanol–water partition coefficient (Wildman–Crippen LogP) is 6.14. The average molecular weight is 472 g/mol. The summed E-state index contributed by atoms with van der Waals surface area (Å²) in [5, 5.41) is 2.86. The Morgan fingerprint density at radius 2 is 2.00 bits per heavy atom. The molecule has 3 aromatic rings. The number of alkyl halides is 1. The molecule has 26 heavy (non-hydrogen) atoms. The van der Waals surface area contributed by atoms with Crippen molar-refractivity contribution < 1.29 is 9.53 Å². The van der Waals surface area contributed by atoms with Crippen molar-refractivity contribution in [1.82, 2.24) is 4.98 Å². The number of amides is 1. The summed E-state index contributed by atoms with van der Waals surface area (Å²) in [4.78, 5) is 18.5. The lowest BCUT2D eigenvalue weighted by atomic mass is 10.2. The number of hydrogen-bond acceptors (Lipinski definition) is 4. The largest absolute Gasteiger partial charge is 0.497 e. The van der Waals surface area contributed by atoms with Crippen LogP contribution in [0.5, 0.6) is 5.75 Å². The zero-order valence-corrected chi connectivity index (χ0v) is 17.5. The van der Waals surface area contributed by atoms with Crippen molar-refractivity contribution in [3.63, 3.8) is 0 Å². The summed E-state index contributed by atoms with van der Waals surface area (Å²) >= 11 is 16.7. The number of anilines is 2. The number of methoxy groups -OCH3 is 1. The summed E-state index contributed by atoms with van der Waals surface area (Å²) in [6, 6.07) is 12.9.